The number of aromatic nitrogens is 3. The molecular weight excluding hydrogens is 144 g/mol. The minimum Gasteiger partial charge on any atom is -0.350 e. The van der Waals surface area contributed by atoms with Crippen molar-refractivity contribution in [1.29, 1.82) is 0 Å². The molecule has 5 heteroatoms. The highest BCUT2D eigenvalue weighted by Crippen LogP contribution is 2.08. The molecule has 1 aliphatic heterocycles. The highest BCUT2D eigenvalue weighted by molar-refractivity contribution is 5.79. The number of aryl methyl sites for hydroxylation is 1. The van der Waals surface area contributed by atoms with Gasteiger partial charge in [-0.05, 0) is 0 Å². The van der Waals surface area contributed by atoms with E-state index in [1.807, 2.05) is 7.05 Å². The van der Waals surface area contributed by atoms with Gasteiger partial charge in [0.05, 0.1) is 24.4 Å². The number of fused-ring (bicyclic) bond motifs is 1. The van der Waals surface area contributed by atoms with Crippen molar-refractivity contribution in [3.05, 3.63) is 11.4 Å². The third kappa shape index (κ3) is 0.886. The molecule has 0 unspecified atom stereocenters. The lowest BCUT2D eigenvalue weighted by atomic mass is 10.2. The molecule has 0 saturated carbocycles. The second-order valence-corrected chi connectivity index (χ2v) is 2.56. The first kappa shape index (κ1) is 6.33. The van der Waals surface area contributed by atoms with Crippen molar-refractivity contribution in [3.63, 3.8) is 0 Å². The minimum atomic E-state index is 0.0259. The van der Waals surface area contributed by atoms with E-state index in [1.54, 1.807) is 4.68 Å². The molecule has 0 fully saturated rings. The van der Waals surface area contributed by atoms with Gasteiger partial charge >= 0.3 is 0 Å². The van der Waals surface area contributed by atoms with Gasteiger partial charge in [0.2, 0.25) is 5.91 Å². The molecule has 1 N–H and O–H groups in total. The van der Waals surface area contributed by atoms with E-state index in [1.165, 1.54) is 0 Å². The minimum absolute atomic E-state index is 0.0259. The molecule has 11 heavy (non-hydrogen) atoms. The molecule has 0 aromatic carbocycles. The van der Waals surface area contributed by atoms with Crippen molar-refractivity contribution in [3.8, 4) is 0 Å². The Labute approximate surface area is 63.4 Å². The van der Waals surface area contributed by atoms with Crippen molar-refractivity contribution in [1.82, 2.24) is 20.3 Å². The molecule has 58 valence electrons. The SMILES string of the molecule is Cn1nnc2c1CNC(=O)C2. The molecular formula is C6H8N4O. The van der Waals surface area contributed by atoms with Crippen molar-refractivity contribution in [2.24, 2.45) is 7.05 Å². The molecule has 5 nitrogen and oxygen atoms in total. The fourth-order valence-electron chi connectivity index (χ4n) is 1.17. The Hall–Kier alpha value is -1.39. The number of amides is 1. The van der Waals surface area contributed by atoms with Crippen molar-refractivity contribution < 1.29 is 4.79 Å². The van der Waals surface area contributed by atoms with Crippen LogP contribution in [0.25, 0.3) is 0 Å². The van der Waals surface area contributed by atoms with E-state index in [9.17, 15) is 4.79 Å². The first-order chi connectivity index (χ1) is 5.27. The van der Waals surface area contributed by atoms with E-state index in [0.717, 1.165) is 11.4 Å². The first-order valence-corrected chi connectivity index (χ1v) is 3.41. The molecule has 0 atom stereocenters. The number of carbonyl (C=O) groups is 1. The number of nitrogens with one attached hydrogen (secondary N) is 1. The fraction of sp³-hybridized carbons (Fsp3) is 0.500. The summed E-state index contributed by atoms with van der Waals surface area (Å²) >= 11 is 0. The van der Waals surface area contributed by atoms with Crippen LogP contribution in [0.2, 0.25) is 0 Å². The lowest BCUT2D eigenvalue weighted by molar-refractivity contribution is -0.121. The van der Waals surface area contributed by atoms with Crippen LogP contribution in [-0.2, 0) is 24.8 Å². The molecule has 0 radical (unpaired) electrons. The Bertz CT molecular complexity index is 304. The topological polar surface area (TPSA) is 59.8 Å². The third-order valence-corrected chi connectivity index (χ3v) is 1.80. The quantitative estimate of drug-likeness (QED) is 0.518. The predicted molar refractivity (Wildman–Crippen MR) is 36.6 cm³/mol. The molecule has 2 heterocycles. The number of hydrogen-bond donors (Lipinski definition) is 1. The first-order valence-electron chi connectivity index (χ1n) is 3.41. The second kappa shape index (κ2) is 2.05. The van der Waals surface area contributed by atoms with Crippen LogP contribution in [-0.4, -0.2) is 20.9 Å². The van der Waals surface area contributed by atoms with E-state index in [0.29, 0.717) is 13.0 Å². The maximum absolute atomic E-state index is 10.8. The monoisotopic (exact) mass is 152 g/mol. The van der Waals surface area contributed by atoms with Gasteiger partial charge < -0.3 is 5.32 Å². The number of carbonyl (C=O) groups excluding carboxylic acids is 1. The van der Waals surface area contributed by atoms with Gasteiger partial charge in [-0.2, -0.15) is 0 Å². The summed E-state index contributed by atoms with van der Waals surface area (Å²) in [6.45, 7) is 0.553. The molecule has 2 rings (SSSR count). The van der Waals surface area contributed by atoms with E-state index in [4.69, 9.17) is 0 Å². The summed E-state index contributed by atoms with van der Waals surface area (Å²) in [5.74, 6) is 0.0259. The Morgan fingerprint density at radius 3 is 3.27 bits per heavy atom. The lowest BCUT2D eigenvalue weighted by Gasteiger charge is -2.10. The Morgan fingerprint density at radius 2 is 2.45 bits per heavy atom. The van der Waals surface area contributed by atoms with Crippen LogP contribution in [0.1, 0.15) is 11.4 Å². The number of nitrogens with zero attached hydrogens (tertiary/aromatic N) is 3. The molecule has 0 spiro atoms. The maximum Gasteiger partial charge on any atom is 0.226 e. The summed E-state index contributed by atoms with van der Waals surface area (Å²) < 4.78 is 1.69. The Balaban J connectivity index is 2.44. The summed E-state index contributed by atoms with van der Waals surface area (Å²) in [6, 6.07) is 0. The zero-order valence-electron chi connectivity index (χ0n) is 6.16. The van der Waals surface area contributed by atoms with Gasteiger partial charge in [-0.1, -0.05) is 5.21 Å². The summed E-state index contributed by atoms with van der Waals surface area (Å²) in [5.41, 5.74) is 1.81. The second-order valence-electron chi connectivity index (χ2n) is 2.56. The summed E-state index contributed by atoms with van der Waals surface area (Å²) in [4.78, 5) is 10.8. The largest absolute Gasteiger partial charge is 0.350 e. The molecule has 1 aliphatic rings. The highest BCUT2D eigenvalue weighted by atomic mass is 16.1. The molecule has 0 bridgehead atoms. The normalized spacial score (nSPS) is 15.9. The van der Waals surface area contributed by atoms with Gasteiger partial charge in [-0.25, -0.2) is 0 Å². The standard InChI is InChI=1S/C6H8N4O/c1-10-5-3-7-6(11)2-4(5)8-9-10/h2-3H2,1H3,(H,7,11). The van der Waals surface area contributed by atoms with Crippen LogP contribution in [0.5, 0.6) is 0 Å². The zero-order chi connectivity index (χ0) is 7.84. The van der Waals surface area contributed by atoms with E-state index in [-0.39, 0.29) is 5.91 Å². The van der Waals surface area contributed by atoms with Crippen LogP contribution in [0, 0.1) is 0 Å². The maximum atomic E-state index is 10.8. The van der Waals surface area contributed by atoms with Crippen LogP contribution in [0.4, 0.5) is 0 Å². The van der Waals surface area contributed by atoms with Gasteiger partial charge in [-0.15, -0.1) is 5.10 Å². The molecule has 0 saturated heterocycles. The Kier molecular flexibility index (Phi) is 1.18. The third-order valence-electron chi connectivity index (χ3n) is 1.80. The smallest absolute Gasteiger partial charge is 0.226 e. The Morgan fingerprint density at radius 1 is 1.64 bits per heavy atom. The van der Waals surface area contributed by atoms with Gasteiger partial charge in [-0.3, -0.25) is 9.48 Å². The van der Waals surface area contributed by atoms with Crippen LogP contribution in [0.3, 0.4) is 0 Å². The van der Waals surface area contributed by atoms with Crippen molar-refractivity contribution in [2.45, 2.75) is 13.0 Å². The summed E-state index contributed by atoms with van der Waals surface area (Å²) in [5, 5.41) is 10.4. The summed E-state index contributed by atoms with van der Waals surface area (Å²) in [7, 11) is 1.82. The van der Waals surface area contributed by atoms with Gasteiger partial charge in [0, 0.05) is 7.05 Å². The summed E-state index contributed by atoms with van der Waals surface area (Å²) in [6.07, 6.45) is 0.364. The van der Waals surface area contributed by atoms with E-state index in [2.05, 4.69) is 15.6 Å². The zero-order valence-corrected chi connectivity index (χ0v) is 6.16. The van der Waals surface area contributed by atoms with Crippen LogP contribution < -0.4 is 5.32 Å². The van der Waals surface area contributed by atoms with Crippen LogP contribution >= 0.6 is 0 Å². The number of hydrogen-bond acceptors (Lipinski definition) is 3. The van der Waals surface area contributed by atoms with Crippen molar-refractivity contribution in [2.75, 3.05) is 0 Å². The van der Waals surface area contributed by atoms with Gasteiger partial charge in [0.25, 0.3) is 0 Å². The molecule has 1 aromatic rings. The van der Waals surface area contributed by atoms with Crippen LogP contribution in [0.15, 0.2) is 0 Å². The highest BCUT2D eigenvalue weighted by Gasteiger charge is 2.19. The van der Waals surface area contributed by atoms with Gasteiger partial charge in [0.1, 0.15) is 0 Å². The average Bonchev–Trinajstić information content (AvgIpc) is 2.32. The molecule has 1 aromatic heterocycles. The predicted octanol–water partition coefficient (Wildman–Crippen LogP) is -1.01. The van der Waals surface area contributed by atoms with Crippen molar-refractivity contribution >= 4 is 5.91 Å². The van der Waals surface area contributed by atoms with E-state index < -0.39 is 0 Å². The fourth-order valence-corrected chi connectivity index (χ4v) is 1.17. The number of rotatable bonds is 0. The van der Waals surface area contributed by atoms with Gasteiger partial charge in [0.15, 0.2) is 0 Å². The molecule has 0 aliphatic carbocycles. The lowest BCUT2D eigenvalue weighted by Crippen LogP contribution is -2.31. The molecule has 1 amide bonds. The van der Waals surface area contributed by atoms with E-state index >= 15 is 0 Å². The average molecular weight is 152 g/mol.